The second-order valence-electron chi connectivity index (χ2n) is 8.94. The molecule has 2 amide bonds. The number of hydrogen-bond donors (Lipinski definition) is 1. The van der Waals surface area contributed by atoms with Crippen molar-refractivity contribution in [1.82, 2.24) is 15.2 Å². The van der Waals surface area contributed by atoms with Gasteiger partial charge in [-0.25, -0.2) is 9.78 Å². The summed E-state index contributed by atoms with van der Waals surface area (Å²) >= 11 is 4.83. The zero-order chi connectivity index (χ0) is 25.8. The Balaban J connectivity index is 1.08. The molecule has 0 aliphatic carbocycles. The van der Waals surface area contributed by atoms with Crippen molar-refractivity contribution >= 4 is 44.4 Å². The summed E-state index contributed by atoms with van der Waals surface area (Å²) in [6.07, 6.45) is 2.86. The Kier molecular flexibility index (Phi) is 7.76. The zero-order valence-electron chi connectivity index (χ0n) is 20.4. The Morgan fingerprint density at radius 1 is 1.08 bits per heavy atom. The van der Waals surface area contributed by atoms with Gasteiger partial charge in [0.25, 0.3) is 5.91 Å². The number of benzene rings is 2. The van der Waals surface area contributed by atoms with Crippen LogP contribution in [0.3, 0.4) is 0 Å². The lowest BCUT2D eigenvalue weighted by Crippen LogP contribution is -2.34. The van der Waals surface area contributed by atoms with Crippen molar-refractivity contribution in [3.8, 4) is 10.8 Å². The van der Waals surface area contributed by atoms with Crippen molar-refractivity contribution in [2.45, 2.75) is 12.8 Å². The number of ether oxygens (including phenoxy) is 2. The maximum absolute atomic E-state index is 13.1. The zero-order valence-corrected chi connectivity index (χ0v) is 22.8. The number of aryl methyl sites for hydroxylation is 1. The van der Waals surface area contributed by atoms with Gasteiger partial charge in [0.05, 0.1) is 18.9 Å². The number of nitrogens with zero attached hydrogens (tertiary/aromatic N) is 3. The second kappa shape index (κ2) is 11.4. The van der Waals surface area contributed by atoms with Gasteiger partial charge in [-0.05, 0) is 63.7 Å². The van der Waals surface area contributed by atoms with Crippen LogP contribution in [-0.4, -0.2) is 61.7 Å². The normalized spacial score (nSPS) is 14.6. The van der Waals surface area contributed by atoms with E-state index in [0.717, 1.165) is 22.4 Å². The van der Waals surface area contributed by atoms with Gasteiger partial charge in [-0.3, -0.25) is 4.79 Å². The number of methoxy groups -OCH3 is 1. The van der Waals surface area contributed by atoms with E-state index >= 15 is 0 Å². The number of amides is 2. The van der Waals surface area contributed by atoms with E-state index in [-0.39, 0.29) is 5.91 Å². The highest BCUT2D eigenvalue weighted by Crippen LogP contribution is 2.35. The standard InChI is InChI=1S/C27H27BrN4O4S/c1-35-21-9-10-23(28)22(12-21)25(33)31-14-19-16-32(17-20(19)15-31)26-30-13-24(37-26)36-27(34)29-11-5-8-18-6-3-2-4-7-18/h2-4,6-7,9-10,12-13H,5,8,11,14-17H2,1H3,(H,29,34). The molecule has 5 rings (SSSR count). The number of aromatic nitrogens is 1. The van der Waals surface area contributed by atoms with Gasteiger partial charge in [0.1, 0.15) is 5.75 Å². The summed E-state index contributed by atoms with van der Waals surface area (Å²) in [5, 5.41) is 4.06. The second-order valence-corrected chi connectivity index (χ2v) is 10.8. The average Bonchev–Trinajstić information content (AvgIpc) is 3.62. The Morgan fingerprint density at radius 3 is 2.57 bits per heavy atom. The molecule has 192 valence electrons. The molecule has 1 N–H and O–H groups in total. The van der Waals surface area contributed by atoms with Crippen LogP contribution in [0, 0.1) is 0 Å². The number of rotatable bonds is 8. The molecule has 3 heterocycles. The monoisotopic (exact) mass is 582 g/mol. The number of nitrogens with one attached hydrogen (secondary N) is 1. The van der Waals surface area contributed by atoms with Crippen LogP contribution in [0.15, 0.2) is 70.3 Å². The van der Waals surface area contributed by atoms with Crippen molar-refractivity contribution in [2.75, 3.05) is 44.7 Å². The van der Waals surface area contributed by atoms with Crippen molar-refractivity contribution in [2.24, 2.45) is 0 Å². The van der Waals surface area contributed by atoms with E-state index in [1.807, 2.05) is 35.2 Å². The largest absolute Gasteiger partial charge is 0.497 e. The fourth-order valence-electron chi connectivity index (χ4n) is 4.52. The van der Waals surface area contributed by atoms with Gasteiger partial charge in [0.15, 0.2) is 5.13 Å². The average molecular weight is 584 g/mol. The van der Waals surface area contributed by atoms with Crippen LogP contribution in [0.4, 0.5) is 9.93 Å². The van der Waals surface area contributed by atoms with Gasteiger partial charge in [0.2, 0.25) is 5.06 Å². The molecule has 8 nitrogen and oxygen atoms in total. The van der Waals surface area contributed by atoms with E-state index < -0.39 is 6.09 Å². The van der Waals surface area contributed by atoms with E-state index in [1.54, 1.807) is 19.4 Å². The van der Waals surface area contributed by atoms with Crippen molar-refractivity contribution < 1.29 is 19.1 Å². The molecule has 0 saturated carbocycles. The van der Waals surface area contributed by atoms with E-state index in [2.05, 4.69) is 43.3 Å². The topological polar surface area (TPSA) is 84.0 Å². The lowest BCUT2D eigenvalue weighted by molar-refractivity contribution is 0.0793. The molecule has 0 fully saturated rings. The number of anilines is 1. The molecular weight excluding hydrogens is 556 g/mol. The summed E-state index contributed by atoms with van der Waals surface area (Å²) in [7, 11) is 1.59. The predicted octanol–water partition coefficient (Wildman–Crippen LogP) is 4.91. The first-order valence-corrected chi connectivity index (χ1v) is 13.6. The minimum absolute atomic E-state index is 0.0218. The molecule has 3 aromatic rings. The fraction of sp³-hybridized carbons (Fsp3) is 0.296. The lowest BCUT2D eigenvalue weighted by atomic mass is 10.1. The highest BCUT2D eigenvalue weighted by atomic mass is 79.9. The third-order valence-corrected chi connectivity index (χ3v) is 8.04. The number of hydrogen-bond acceptors (Lipinski definition) is 7. The smallest absolute Gasteiger partial charge is 0.413 e. The third-order valence-electron chi connectivity index (χ3n) is 6.41. The third kappa shape index (κ3) is 5.97. The summed E-state index contributed by atoms with van der Waals surface area (Å²) in [4.78, 5) is 33.8. The predicted molar refractivity (Wildman–Crippen MR) is 147 cm³/mol. The summed E-state index contributed by atoms with van der Waals surface area (Å²) in [6.45, 7) is 3.14. The number of thiazole rings is 1. The summed E-state index contributed by atoms with van der Waals surface area (Å²) in [5.41, 5.74) is 4.32. The molecule has 2 aliphatic rings. The molecule has 37 heavy (non-hydrogen) atoms. The summed E-state index contributed by atoms with van der Waals surface area (Å²) in [6, 6.07) is 15.6. The first-order valence-electron chi connectivity index (χ1n) is 12.0. The van der Waals surface area contributed by atoms with Gasteiger partial charge in [-0.2, -0.15) is 0 Å². The van der Waals surface area contributed by atoms with Crippen LogP contribution in [0.1, 0.15) is 22.3 Å². The number of carbonyl (C=O) groups excluding carboxylic acids is 2. The van der Waals surface area contributed by atoms with Gasteiger partial charge in [-0.1, -0.05) is 41.7 Å². The summed E-state index contributed by atoms with van der Waals surface area (Å²) < 4.78 is 11.5. The van der Waals surface area contributed by atoms with Crippen molar-refractivity contribution in [1.29, 1.82) is 0 Å². The molecule has 1 aromatic heterocycles. The van der Waals surface area contributed by atoms with Crippen molar-refractivity contribution in [3.63, 3.8) is 0 Å². The molecule has 0 spiro atoms. The Hall–Kier alpha value is -3.37. The van der Waals surface area contributed by atoms with Crippen LogP contribution in [-0.2, 0) is 6.42 Å². The number of carbonyl (C=O) groups is 2. The molecule has 0 saturated heterocycles. The molecule has 10 heteroatoms. The molecule has 0 radical (unpaired) electrons. The van der Waals surface area contributed by atoms with Gasteiger partial charge in [0, 0.05) is 37.2 Å². The van der Waals surface area contributed by atoms with E-state index in [1.165, 1.54) is 28.0 Å². The van der Waals surface area contributed by atoms with Gasteiger partial charge < -0.3 is 24.6 Å². The number of halogens is 1. The molecular formula is C27H27BrN4O4S. The molecule has 2 aliphatic heterocycles. The van der Waals surface area contributed by atoms with E-state index in [9.17, 15) is 9.59 Å². The van der Waals surface area contributed by atoms with Crippen LogP contribution in [0.5, 0.6) is 10.8 Å². The van der Waals surface area contributed by atoms with Crippen molar-refractivity contribution in [3.05, 3.63) is 81.5 Å². The lowest BCUT2D eigenvalue weighted by Gasteiger charge is -2.23. The molecule has 0 bridgehead atoms. The maximum Gasteiger partial charge on any atom is 0.413 e. The van der Waals surface area contributed by atoms with Crippen LogP contribution >= 0.6 is 27.3 Å². The Morgan fingerprint density at radius 2 is 1.84 bits per heavy atom. The Labute approximate surface area is 228 Å². The van der Waals surface area contributed by atoms with Gasteiger partial charge >= 0.3 is 6.09 Å². The first-order chi connectivity index (χ1) is 18.0. The van der Waals surface area contributed by atoms with Gasteiger partial charge in [-0.15, -0.1) is 0 Å². The van der Waals surface area contributed by atoms with E-state index in [4.69, 9.17) is 9.47 Å². The highest BCUT2D eigenvalue weighted by molar-refractivity contribution is 9.10. The minimum atomic E-state index is -0.469. The minimum Gasteiger partial charge on any atom is -0.497 e. The fourth-order valence-corrected chi connectivity index (χ4v) is 5.71. The van der Waals surface area contributed by atoms with E-state index in [0.29, 0.717) is 49.1 Å². The molecule has 2 aromatic carbocycles. The first kappa shape index (κ1) is 25.3. The Bertz CT molecular complexity index is 1310. The molecule has 0 unspecified atom stereocenters. The molecule has 0 atom stereocenters. The highest BCUT2D eigenvalue weighted by Gasteiger charge is 2.34. The van der Waals surface area contributed by atoms with Crippen LogP contribution < -0.4 is 19.7 Å². The quantitative estimate of drug-likeness (QED) is 0.300. The van der Waals surface area contributed by atoms with Crippen LogP contribution in [0.2, 0.25) is 0 Å². The SMILES string of the molecule is COc1ccc(Br)c(C(=O)N2CC3=C(C2)CN(c2ncc(OC(=O)NCCCc4ccccc4)s2)C3)c1. The maximum atomic E-state index is 13.1. The summed E-state index contributed by atoms with van der Waals surface area (Å²) in [5.74, 6) is 0.631. The van der Waals surface area contributed by atoms with Crippen LogP contribution in [0.25, 0.3) is 0 Å².